The molecule has 0 saturated heterocycles. The summed E-state index contributed by atoms with van der Waals surface area (Å²) in [5.41, 5.74) is 2.30. The molecule has 4 aromatic rings. The molecule has 0 radical (unpaired) electrons. The van der Waals surface area contributed by atoms with Gasteiger partial charge in [0, 0.05) is 25.0 Å². The summed E-state index contributed by atoms with van der Waals surface area (Å²) in [4.78, 5) is 30.4. The molecule has 0 aliphatic heterocycles. The molecule has 0 unspecified atom stereocenters. The van der Waals surface area contributed by atoms with Crippen molar-refractivity contribution in [1.82, 2.24) is 9.80 Å². The van der Waals surface area contributed by atoms with E-state index < -0.39 is 5.63 Å². The minimum absolute atomic E-state index is 0.0675. The van der Waals surface area contributed by atoms with Crippen molar-refractivity contribution < 1.29 is 9.21 Å². The molecule has 0 bridgehead atoms. The van der Waals surface area contributed by atoms with Crippen molar-refractivity contribution in [2.75, 3.05) is 27.2 Å². The van der Waals surface area contributed by atoms with Gasteiger partial charge in [0.15, 0.2) is 0 Å². The van der Waals surface area contributed by atoms with Crippen LogP contribution in [-0.4, -0.2) is 42.9 Å². The van der Waals surface area contributed by atoms with Crippen molar-refractivity contribution in [3.05, 3.63) is 81.0 Å². The van der Waals surface area contributed by atoms with Crippen LogP contribution in [0, 0.1) is 6.92 Å². The normalized spacial score (nSPS) is 11.5. The van der Waals surface area contributed by atoms with E-state index in [9.17, 15) is 9.59 Å². The average Bonchev–Trinajstić information content (AvgIpc) is 3.18. The van der Waals surface area contributed by atoms with Gasteiger partial charge in [0.1, 0.15) is 5.58 Å². The van der Waals surface area contributed by atoms with Gasteiger partial charge in [-0.3, -0.25) is 4.79 Å². The maximum Gasteiger partial charge on any atom is 0.345 e. The van der Waals surface area contributed by atoms with Crippen molar-refractivity contribution in [2.24, 2.45) is 0 Å². The van der Waals surface area contributed by atoms with Gasteiger partial charge < -0.3 is 14.2 Å². The van der Waals surface area contributed by atoms with Gasteiger partial charge in [-0.15, -0.1) is 11.3 Å². The topological polar surface area (TPSA) is 53.8 Å². The number of hydrogen-bond donors (Lipinski definition) is 0. The SMILES string of the molecule is Cc1ccc2oc(=O)c3cc(C(=O)N(CCN(C)C)Cc4ccccc4)sc3c2c1. The third kappa shape index (κ3) is 4.15. The standard InChI is InChI=1S/C24H24N2O3S/c1-16-9-10-20-18(13-16)22-19(24(28)29-20)14-21(30-22)23(27)26(12-11-25(2)3)15-17-7-5-4-6-8-17/h4-10,13-14H,11-12,15H2,1-3H3. The molecule has 0 saturated carbocycles. The van der Waals surface area contributed by atoms with Gasteiger partial charge in [0.2, 0.25) is 0 Å². The molecule has 0 fully saturated rings. The number of nitrogens with zero attached hydrogens (tertiary/aromatic N) is 2. The molecule has 1 amide bonds. The van der Waals surface area contributed by atoms with Crippen molar-refractivity contribution in [3.63, 3.8) is 0 Å². The lowest BCUT2D eigenvalue weighted by molar-refractivity contribution is 0.0737. The van der Waals surface area contributed by atoms with Crippen LogP contribution in [-0.2, 0) is 6.54 Å². The van der Waals surface area contributed by atoms with Gasteiger partial charge >= 0.3 is 5.63 Å². The van der Waals surface area contributed by atoms with Crippen LogP contribution in [0.15, 0.2) is 63.8 Å². The summed E-state index contributed by atoms with van der Waals surface area (Å²) in [6.45, 7) is 3.88. The van der Waals surface area contributed by atoms with E-state index in [-0.39, 0.29) is 5.91 Å². The monoisotopic (exact) mass is 420 g/mol. The number of rotatable bonds is 6. The predicted molar refractivity (Wildman–Crippen MR) is 122 cm³/mol. The molecule has 5 nitrogen and oxygen atoms in total. The molecule has 0 atom stereocenters. The highest BCUT2D eigenvalue weighted by Crippen LogP contribution is 2.32. The number of carbonyl (C=O) groups excluding carboxylic acids is 1. The highest BCUT2D eigenvalue weighted by Gasteiger charge is 2.21. The second-order valence-corrected chi connectivity index (χ2v) is 8.81. The predicted octanol–water partition coefficient (Wildman–Crippen LogP) is 4.52. The smallest absolute Gasteiger partial charge is 0.345 e. The number of aryl methyl sites for hydroxylation is 1. The van der Waals surface area contributed by atoms with Crippen molar-refractivity contribution in [2.45, 2.75) is 13.5 Å². The molecular formula is C24H24N2O3S. The van der Waals surface area contributed by atoms with E-state index >= 15 is 0 Å². The van der Waals surface area contributed by atoms with Gasteiger partial charge in [-0.1, -0.05) is 42.0 Å². The molecule has 4 rings (SSSR count). The highest BCUT2D eigenvalue weighted by atomic mass is 32.1. The summed E-state index contributed by atoms with van der Waals surface area (Å²) in [5, 5.41) is 1.34. The summed E-state index contributed by atoms with van der Waals surface area (Å²) >= 11 is 1.37. The molecule has 30 heavy (non-hydrogen) atoms. The Kier molecular flexibility index (Phi) is 5.70. The zero-order chi connectivity index (χ0) is 21.3. The largest absolute Gasteiger partial charge is 0.422 e. The van der Waals surface area contributed by atoms with Gasteiger partial charge in [0.05, 0.1) is 15.0 Å². The van der Waals surface area contributed by atoms with Crippen molar-refractivity contribution in [1.29, 1.82) is 0 Å². The van der Waals surface area contributed by atoms with E-state index in [2.05, 4.69) is 4.90 Å². The lowest BCUT2D eigenvalue weighted by Crippen LogP contribution is -2.35. The van der Waals surface area contributed by atoms with Crippen LogP contribution in [0.1, 0.15) is 20.8 Å². The van der Waals surface area contributed by atoms with Crippen molar-refractivity contribution in [3.8, 4) is 0 Å². The average molecular weight is 421 g/mol. The molecule has 0 aliphatic rings. The van der Waals surface area contributed by atoms with Gasteiger partial charge in [-0.25, -0.2) is 4.79 Å². The van der Waals surface area contributed by atoms with Gasteiger partial charge in [-0.05, 0) is 44.8 Å². The van der Waals surface area contributed by atoms with Crippen LogP contribution in [0.2, 0.25) is 0 Å². The number of hydrogen-bond acceptors (Lipinski definition) is 5. The third-order valence-electron chi connectivity index (χ3n) is 5.07. The maximum absolute atomic E-state index is 13.4. The molecule has 2 aromatic carbocycles. The van der Waals surface area contributed by atoms with Crippen LogP contribution >= 0.6 is 11.3 Å². The number of carbonyl (C=O) groups is 1. The second kappa shape index (κ2) is 8.42. The zero-order valence-corrected chi connectivity index (χ0v) is 18.2. The molecule has 2 aromatic heterocycles. The highest BCUT2D eigenvalue weighted by molar-refractivity contribution is 7.21. The molecule has 6 heteroatoms. The number of likely N-dealkylation sites (N-methyl/N-ethyl adjacent to an activating group) is 1. The molecule has 0 aliphatic carbocycles. The quantitative estimate of drug-likeness (QED) is 0.431. The molecular weight excluding hydrogens is 396 g/mol. The first-order valence-electron chi connectivity index (χ1n) is 9.87. The Balaban J connectivity index is 1.75. The minimum atomic E-state index is -0.403. The fourth-order valence-electron chi connectivity index (χ4n) is 3.45. The Bertz CT molecular complexity index is 1260. The lowest BCUT2D eigenvalue weighted by atomic mass is 10.1. The number of thiophene rings is 1. The Morgan fingerprint density at radius 3 is 2.50 bits per heavy atom. The first-order chi connectivity index (χ1) is 14.4. The first-order valence-corrected chi connectivity index (χ1v) is 10.7. The van der Waals surface area contributed by atoms with Gasteiger partial charge in [-0.2, -0.15) is 0 Å². The number of fused-ring (bicyclic) bond motifs is 3. The van der Waals surface area contributed by atoms with E-state index in [0.717, 1.165) is 27.8 Å². The summed E-state index contributed by atoms with van der Waals surface area (Å²) < 4.78 is 6.28. The Morgan fingerprint density at radius 2 is 1.77 bits per heavy atom. The van der Waals surface area contributed by atoms with E-state index in [0.29, 0.717) is 28.9 Å². The van der Waals surface area contributed by atoms with Crippen LogP contribution in [0.5, 0.6) is 0 Å². The third-order valence-corrected chi connectivity index (χ3v) is 6.22. The van der Waals surface area contributed by atoms with Crippen LogP contribution in [0.4, 0.5) is 0 Å². The number of benzene rings is 2. The first kappa shape index (κ1) is 20.3. The Labute approximate surface area is 179 Å². The number of amides is 1. The zero-order valence-electron chi connectivity index (χ0n) is 17.3. The lowest BCUT2D eigenvalue weighted by Gasteiger charge is -2.24. The van der Waals surface area contributed by atoms with E-state index in [1.807, 2.05) is 74.4 Å². The summed E-state index contributed by atoms with van der Waals surface area (Å²) in [6.07, 6.45) is 0. The molecule has 2 heterocycles. The fraction of sp³-hybridized carbons (Fsp3) is 0.250. The maximum atomic E-state index is 13.4. The molecule has 0 spiro atoms. The van der Waals surface area contributed by atoms with E-state index in [1.165, 1.54) is 11.3 Å². The van der Waals surface area contributed by atoms with E-state index in [4.69, 9.17) is 4.42 Å². The Morgan fingerprint density at radius 1 is 1.00 bits per heavy atom. The van der Waals surface area contributed by atoms with E-state index in [1.54, 1.807) is 6.07 Å². The molecule has 0 N–H and O–H groups in total. The van der Waals surface area contributed by atoms with Gasteiger partial charge in [0.25, 0.3) is 5.91 Å². The summed E-state index contributed by atoms with van der Waals surface area (Å²) in [7, 11) is 3.98. The molecule has 154 valence electrons. The van der Waals surface area contributed by atoms with Crippen LogP contribution < -0.4 is 5.63 Å². The van der Waals surface area contributed by atoms with Crippen LogP contribution in [0.3, 0.4) is 0 Å². The summed E-state index contributed by atoms with van der Waals surface area (Å²) in [5.74, 6) is -0.0675. The van der Waals surface area contributed by atoms with Crippen molar-refractivity contribution >= 4 is 38.3 Å². The second-order valence-electron chi connectivity index (χ2n) is 7.76. The van der Waals surface area contributed by atoms with Crippen LogP contribution in [0.25, 0.3) is 21.1 Å². The fourth-order valence-corrected chi connectivity index (χ4v) is 4.58. The summed E-state index contributed by atoms with van der Waals surface area (Å²) in [6, 6.07) is 17.4. The Hall–Kier alpha value is -2.96. The minimum Gasteiger partial charge on any atom is -0.422 e.